The first kappa shape index (κ1) is 23.8. The summed E-state index contributed by atoms with van der Waals surface area (Å²) in [4.78, 5) is 32.8. The maximum Gasteiger partial charge on any atom is 0.223 e. The maximum atomic E-state index is 11.1. The van der Waals surface area contributed by atoms with Crippen molar-refractivity contribution in [3.05, 3.63) is 41.9 Å². The fraction of sp³-hybridized carbons (Fsp3) is 0.480. The molecule has 9 nitrogen and oxygen atoms in total. The second-order valence-electron chi connectivity index (χ2n) is 9.34. The maximum absolute atomic E-state index is 11.1. The Labute approximate surface area is 209 Å². The molecule has 0 spiro atoms. The van der Waals surface area contributed by atoms with Crippen LogP contribution in [0.2, 0.25) is 0 Å². The van der Waals surface area contributed by atoms with E-state index in [1.54, 1.807) is 11.3 Å². The van der Waals surface area contributed by atoms with Gasteiger partial charge in [0.2, 0.25) is 5.95 Å². The Hall–Kier alpha value is -2.95. The van der Waals surface area contributed by atoms with Gasteiger partial charge in [-0.25, -0.2) is 19.9 Å². The average Bonchev–Trinajstić information content (AvgIpc) is 3.34. The van der Waals surface area contributed by atoms with Gasteiger partial charge in [0.1, 0.15) is 12.1 Å². The van der Waals surface area contributed by atoms with Crippen LogP contribution in [0.1, 0.15) is 43.4 Å². The highest BCUT2D eigenvalue weighted by Crippen LogP contribution is 2.30. The molecular formula is C25H32N8OS. The number of hydrogen-bond acceptors (Lipinski definition) is 10. The van der Waals surface area contributed by atoms with Crippen LogP contribution in [0.15, 0.2) is 30.6 Å². The summed E-state index contributed by atoms with van der Waals surface area (Å²) >= 11 is 1.55. The third-order valence-corrected chi connectivity index (χ3v) is 7.41. The van der Waals surface area contributed by atoms with Gasteiger partial charge in [-0.15, -0.1) is 0 Å². The van der Waals surface area contributed by atoms with E-state index in [9.17, 15) is 4.79 Å². The molecule has 3 aromatic rings. The predicted molar refractivity (Wildman–Crippen MR) is 139 cm³/mol. The standard InChI is InChI=1S/C25H32N8OS/c1-17-11-21(31-24(29-17)30-19-5-3-2-4-6-19)22-13-28-25(35-22)32-23-8-7-18(12-27-23)14-33-10-9-26-20(15-33)16-34/h7-8,11-13,16,19-20,26H,2-6,9-10,14-15H2,1H3,(H,27,28,32)(H,29,30,31). The number of nitrogens with one attached hydrogen (secondary N) is 3. The van der Waals surface area contributed by atoms with Crippen LogP contribution in [-0.4, -0.2) is 62.8 Å². The van der Waals surface area contributed by atoms with Gasteiger partial charge >= 0.3 is 0 Å². The van der Waals surface area contributed by atoms with Crippen molar-refractivity contribution < 1.29 is 4.79 Å². The lowest BCUT2D eigenvalue weighted by Crippen LogP contribution is -2.50. The van der Waals surface area contributed by atoms with Crippen molar-refractivity contribution in [3.8, 4) is 10.6 Å². The fourth-order valence-corrected chi connectivity index (χ4v) is 5.46. The smallest absolute Gasteiger partial charge is 0.223 e. The minimum atomic E-state index is -0.0884. The minimum Gasteiger partial charge on any atom is -0.351 e. The topological polar surface area (TPSA) is 108 Å². The largest absolute Gasteiger partial charge is 0.351 e. The lowest BCUT2D eigenvalue weighted by atomic mass is 9.96. The van der Waals surface area contributed by atoms with E-state index in [0.717, 1.165) is 65.2 Å². The van der Waals surface area contributed by atoms with Crippen molar-refractivity contribution >= 4 is 34.5 Å². The van der Waals surface area contributed by atoms with Crippen molar-refractivity contribution in [3.63, 3.8) is 0 Å². The highest BCUT2D eigenvalue weighted by molar-refractivity contribution is 7.18. The zero-order chi connectivity index (χ0) is 24.0. The summed E-state index contributed by atoms with van der Waals surface area (Å²) in [5, 5.41) is 10.8. The number of carbonyl (C=O) groups excluding carboxylic acids is 1. The highest BCUT2D eigenvalue weighted by atomic mass is 32.1. The molecule has 5 rings (SSSR count). The molecule has 1 atom stereocenters. The van der Waals surface area contributed by atoms with E-state index in [4.69, 9.17) is 4.98 Å². The molecule has 35 heavy (non-hydrogen) atoms. The number of thiazole rings is 1. The first-order valence-corrected chi connectivity index (χ1v) is 13.2. The summed E-state index contributed by atoms with van der Waals surface area (Å²) in [7, 11) is 0. The van der Waals surface area contributed by atoms with E-state index >= 15 is 0 Å². The van der Waals surface area contributed by atoms with Crippen LogP contribution in [0.3, 0.4) is 0 Å². The lowest BCUT2D eigenvalue weighted by Gasteiger charge is -2.30. The molecule has 184 valence electrons. The predicted octanol–water partition coefficient (Wildman–Crippen LogP) is 3.76. The molecule has 0 bridgehead atoms. The Bertz CT molecular complexity index is 1130. The Morgan fingerprint density at radius 3 is 2.86 bits per heavy atom. The first-order valence-electron chi connectivity index (χ1n) is 12.4. The lowest BCUT2D eigenvalue weighted by molar-refractivity contribution is -0.110. The van der Waals surface area contributed by atoms with Crippen molar-refractivity contribution in [1.29, 1.82) is 0 Å². The van der Waals surface area contributed by atoms with Crippen LogP contribution in [0.4, 0.5) is 16.9 Å². The molecule has 0 aromatic carbocycles. The molecule has 0 amide bonds. The van der Waals surface area contributed by atoms with E-state index in [-0.39, 0.29) is 6.04 Å². The van der Waals surface area contributed by atoms with E-state index in [2.05, 4.69) is 41.9 Å². The summed E-state index contributed by atoms with van der Waals surface area (Å²) < 4.78 is 0. The molecule has 1 aliphatic carbocycles. The fourth-order valence-electron chi connectivity index (χ4n) is 4.68. The third kappa shape index (κ3) is 6.39. The van der Waals surface area contributed by atoms with Gasteiger partial charge in [-0.3, -0.25) is 4.90 Å². The van der Waals surface area contributed by atoms with Crippen molar-refractivity contribution in [2.75, 3.05) is 30.3 Å². The number of nitrogens with zero attached hydrogens (tertiary/aromatic N) is 5. The van der Waals surface area contributed by atoms with Gasteiger partial charge in [0.05, 0.1) is 16.6 Å². The summed E-state index contributed by atoms with van der Waals surface area (Å²) in [6, 6.07) is 6.41. The summed E-state index contributed by atoms with van der Waals surface area (Å²) in [5.74, 6) is 1.45. The average molecular weight is 493 g/mol. The molecule has 2 fully saturated rings. The summed E-state index contributed by atoms with van der Waals surface area (Å²) in [5.41, 5.74) is 2.95. The van der Waals surface area contributed by atoms with Gasteiger partial charge in [0.25, 0.3) is 0 Å². The number of aryl methyl sites for hydroxylation is 1. The van der Waals surface area contributed by atoms with Crippen molar-refractivity contribution in [2.24, 2.45) is 0 Å². The van der Waals surface area contributed by atoms with Crippen LogP contribution in [0.25, 0.3) is 10.6 Å². The number of hydrogen-bond donors (Lipinski definition) is 3. The molecule has 1 saturated carbocycles. The Kier molecular flexibility index (Phi) is 7.60. The van der Waals surface area contributed by atoms with Gasteiger partial charge in [0, 0.05) is 50.3 Å². The molecule has 1 saturated heterocycles. The Morgan fingerprint density at radius 1 is 1.17 bits per heavy atom. The summed E-state index contributed by atoms with van der Waals surface area (Å²) in [6.45, 7) is 5.26. The number of aldehydes is 1. The van der Waals surface area contributed by atoms with Crippen LogP contribution in [0, 0.1) is 6.92 Å². The van der Waals surface area contributed by atoms with E-state index in [1.165, 1.54) is 32.1 Å². The van der Waals surface area contributed by atoms with E-state index in [1.807, 2.05) is 31.5 Å². The number of carbonyl (C=O) groups is 1. The van der Waals surface area contributed by atoms with E-state index < -0.39 is 0 Å². The van der Waals surface area contributed by atoms with E-state index in [0.29, 0.717) is 12.0 Å². The van der Waals surface area contributed by atoms with Crippen molar-refractivity contribution in [2.45, 2.75) is 57.7 Å². The third-order valence-electron chi connectivity index (χ3n) is 6.47. The zero-order valence-electron chi connectivity index (χ0n) is 20.0. The molecule has 1 unspecified atom stereocenters. The van der Waals surface area contributed by atoms with Crippen LogP contribution < -0.4 is 16.0 Å². The van der Waals surface area contributed by atoms with Gasteiger partial charge in [-0.1, -0.05) is 36.7 Å². The molecule has 1 aliphatic heterocycles. The summed E-state index contributed by atoms with van der Waals surface area (Å²) in [6.07, 6.45) is 10.9. The number of anilines is 3. The normalized spacial score (nSPS) is 19.4. The monoisotopic (exact) mass is 492 g/mol. The molecule has 10 heteroatoms. The number of rotatable bonds is 8. The molecule has 0 radical (unpaired) electrons. The second kappa shape index (κ2) is 11.2. The van der Waals surface area contributed by atoms with Gasteiger partial charge in [-0.05, 0) is 37.5 Å². The molecular weight excluding hydrogens is 460 g/mol. The number of piperazine rings is 1. The van der Waals surface area contributed by atoms with Gasteiger partial charge in [-0.2, -0.15) is 0 Å². The molecule has 3 aromatic heterocycles. The second-order valence-corrected chi connectivity index (χ2v) is 10.4. The minimum absolute atomic E-state index is 0.0884. The molecule has 2 aliphatic rings. The Morgan fingerprint density at radius 2 is 2.06 bits per heavy atom. The SMILES string of the molecule is Cc1cc(-c2cnc(Nc3ccc(CN4CCNC(C=O)C4)cn3)s2)nc(NC2CCCCC2)n1. The first-order chi connectivity index (χ1) is 17.1. The number of pyridine rings is 1. The zero-order valence-corrected chi connectivity index (χ0v) is 20.9. The number of aromatic nitrogens is 4. The molecule has 3 N–H and O–H groups in total. The van der Waals surface area contributed by atoms with Crippen LogP contribution in [-0.2, 0) is 11.3 Å². The van der Waals surface area contributed by atoms with Gasteiger partial charge in [0.15, 0.2) is 5.13 Å². The molecule has 4 heterocycles. The van der Waals surface area contributed by atoms with Crippen molar-refractivity contribution in [1.82, 2.24) is 30.2 Å². The quantitative estimate of drug-likeness (QED) is 0.405. The van der Waals surface area contributed by atoms with Crippen LogP contribution in [0.5, 0.6) is 0 Å². The van der Waals surface area contributed by atoms with Gasteiger partial charge < -0.3 is 20.7 Å². The van der Waals surface area contributed by atoms with Crippen LogP contribution >= 0.6 is 11.3 Å². The Balaban J connectivity index is 1.21. The highest BCUT2D eigenvalue weighted by Gasteiger charge is 2.19.